The molecule has 8 N–H and O–H groups in total. The predicted molar refractivity (Wildman–Crippen MR) is 210 cm³/mol. The molecule has 2 aliphatic heterocycles. The maximum atomic E-state index is 14.0. The van der Waals surface area contributed by atoms with Gasteiger partial charge in [-0.25, -0.2) is 16.8 Å². The van der Waals surface area contributed by atoms with Crippen LogP contribution in [0.15, 0.2) is 0 Å². The van der Waals surface area contributed by atoms with Gasteiger partial charge in [0.25, 0.3) is 0 Å². The van der Waals surface area contributed by atoms with Crippen LogP contribution < -0.4 is 0 Å². The minimum absolute atomic E-state index is 0.159. The Bertz CT molecular complexity index is 1960. The van der Waals surface area contributed by atoms with Crippen molar-refractivity contribution in [2.75, 3.05) is 29.6 Å². The molecule has 356 valence electrons. The van der Waals surface area contributed by atoms with Crippen LogP contribution in [0.2, 0.25) is 0 Å². The van der Waals surface area contributed by atoms with Crippen LogP contribution in [0.3, 0.4) is 0 Å². The number of hydrogen-bond donors (Lipinski definition) is 8. The zero-order chi connectivity index (χ0) is 48.6. The number of aliphatic hydroxyl groups is 8. The Labute approximate surface area is 358 Å². The van der Waals surface area contributed by atoms with E-state index in [4.69, 9.17) is 14.2 Å². The third-order valence-corrected chi connectivity index (χ3v) is 15.6. The van der Waals surface area contributed by atoms with E-state index < -0.39 is 166 Å². The second kappa shape index (κ2) is 19.3. The molecule has 62 heavy (non-hydrogen) atoms. The molecule has 2 heterocycles. The molecule has 0 aromatic carbocycles. The molecule has 12 atom stereocenters. The summed E-state index contributed by atoms with van der Waals surface area (Å²) >= 11 is 0. The summed E-state index contributed by atoms with van der Waals surface area (Å²) in [6, 6.07) is 0. The van der Waals surface area contributed by atoms with Crippen molar-refractivity contribution in [1.29, 1.82) is 0 Å². The fourth-order valence-electron chi connectivity index (χ4n) is 8.40. The molecule has 24 heteroatoms. The molecule has 2 fully saturated rings. The number of rotatable bonds is 23. The summed E-state index contributed by atoms with van der Waals surface area (Å²) in [6.45, 7) is 5.40. The van der Waals surface area contributed by atoms with E-state index in [1.54, 1.807) is 13.8 Å². The number of aliphatic hydroxyl groups excluding tert-OH is 2. The molecular formula is C38H60O22S2. The quantitative estimate of drug-likeness (QED) is 0.0481. The van der Waals surface area contributed by atoms with Gasteiger partial charge in [-0.15, -0.1) is 0 Å². The molecule has 0 aliphatic carbocycles. The van der Waals surface area contributed by atoms with Crippen molar-refractivity contribution in [2.24, 2.45) is 5.92 Å². The van der Waals surface area contributed by atoms with Gasteiger partial charge in [-0.3, -0.25) is 33.6 Å². The van der Waals surface area contributed by atoms with E-state index in [1.807, 2.05) is 0 Å². The van der Waals surface area contributed by atoms with E-state index in [-0.39, 0.29) is 12.8 Å². The van der Waals surface area contributed by atoms with Crippen LogP contribution in [0.4, 0.5) is 0 Å². The van der Waals surface area contributed by atoms with Gasteiger partial charge in [0.2, 0.25) is 5.60 Å². The Balaban J connectivity index is 3.21. The Hall–Kier alpha value is -2.85. The SMILES string of the molecule is CCCCS(=O)(=O)CC(CO[C@H]1O[C@H](C(O)C(C)=O)[C@@](O)([C@@H]2O[C@H](C(O)C(C)=O)[C@@](O)(C(C)=O)[C@@](O)(C(C)=O)[C@]2(O)C(C)=O)[C@@](O)(C(C)=O)[C@]1(O)C(C)=O)CS(=O)(=O)CCCC. The maximum Gasteiger partial charge on any atom is 0.212 e. The molecular weight excluding hydrogens is 873 g/mol. The Morgan fingerprint density at radius 3 is 1.29 bits per heavy atom. The molecule has 0 amide bonds. The number of unbranched alkanes of at least 4 members (excludes halogenated alkanes) is 2. The van der Waals surface area contributed by atoms with Crippen LogP contribution in [-0.4, -0.2) is 198 Å². The Kier molecular flexibility index (Phi) is 17.2. The first-order valence-corrected chi connectivity index (χ1v) is 23.3. The Morgan fingerprint density at radius 2 is 0.952 bits per heavy atom. The maximum absolute atomic E-state index is 14.0. The van der Waals surface area contributed by atoms with Gasteiger partial charge in [-0.1, -0.05) is 26.7 Å². The van der Waals surface area contributed by atoms with E-state index in [2.05, 4.69) is 0 Å². The van der Waals surface area contributed by atoms with E-state index in [0.29, 0.717) is 61.3 Å². The van der Waals surface area contributed by atoms with E-state index >= 15 is 0 Å². The van der Waals surface area contributed by atoms with Gasteiger partial charge in [0.15, 0.2) is 94.5 Å². The Morgan fingerprint density at radius 1 is 0.565 bits per heavy atom. The lowest BCUT2D eigenvalue weighted by Crippen LogP contribution is -2.95. The van der Waals surface area contributed by atoms with Gasteiger partial charge < -0.3 is 55.1 Å². The second-order valence-electron chi connectivity index (χ2n) is 16.4. The first-order chi connectivity index (χ1) is 28.1. The lowest BCUT2D eigenvalue weighted by molar-refractivity contribution is -0.427. The molecule has 2 saturated heterocycles. The van der Waals surface area contributed by atoms with Crippen molar-refractivity contribution in [2.45, 2.75) is 158 Å². The summed E-state index contributed by atoms with van der Waals surface area (Å²) in [5.74, 6) is -16.6. The van der Waals surface area contributed by atoms with Gasteiger partial charge in [0.05, 0.1) is 29.6 Å². The zero-order valence-corrected chi connectivity index (χ0v) is 37.6. The third kappa shape index (κ3) is 8.92. The van der Waals surface area contributed by atoms with Crippen molar-refractivity contribution in [1.82, 2.24) is 0 Å². The largest absolute Gasteiger partial charge is 0.382 e. The summed E-state index contributed by atoms with van der Waals surface area (Å²) in [5.41, 5.74) is -26.1. The highest BCUT2D eigenvalue weighted by molar-refractivity contribution is 7.92. The second-order valence-corrected chi connectivity index (χ2v) is 20.9. The fourth-order valence-corrected chi connectivity index (χ4v) is 12.2. The van der Waals surface area contributed by atoms with Gasteiger partial charge >= 0.3 is 0 Å². The van der Waals surface area contributed by atoms with Crippen molar-refractivity contribution in [3.63, 3.8) is 0 Å². The summed E-state index contributed by atoms with van der Waals surface area (Å²) in [4.78, 5) is 93.9. The lowest BCUT2D eigenvalue weighted by atomic mass is 9.51. The fraction of sp³-hybridized carbons (Fsp3) is 0.816. The van der Waals surface area contributed by atoms with Crippen molar-refractivity contribution < 1.29 is 105 Å². The van der Waals surface area contributed by atoms with E-state index in [1.165, 1.54) is 0 Å². The molecule has 2 unspecified atom stereocenters. The van der Waals surface area contributed by atoms with Crippen molar-refractivity contribution >= 4 is 60.2 Å². The smallest absolute Gasteiger partial charge is 0.212 e. The van der Waals surface area contributed by atoms with Crippen LogP contribution in [0.5, 0.6) is 0 Å². The monoisotopic (exact) mass is 932 g/mol. The number of sulfone groups is 2. The van der Waals surface area contributed by atoms with Crippen molar-refractivity contribution in [3.05, 3.63) is 0 Å². The molecule has 0 saturated carbocycles. The lowest BCUT2D eigenvalue weighted by Gasteiger charge is -2.66. The van der Waals surface area contributed by atoms with Crippen LogP contribution in [-0.2, 0) is 67.4 Å². The number of carbonyl (C=O) groups excluding carboxylic acids is 7. The molecule has 0 aromatic rings. The van der Waals surface area contributed by atoms with Crippen LogP contribution in [0, 0.1) is 5.92 Å². The molecule has 0 radical (unpaired) electrons. The van der Waals surface area contributed by atoms with Crippen LogP contribution in [0.1, 0.15) is 88.0 Å². The van der Waals surface area contributed by atoms with Crippen molar-refractivity contribution in [3.8, 4) is 0 Å². The number of ketones is 7. The summed E-state index contributed by atoms with van der Waals surface area (Å²) < 4.78 is 69.3. The first kappa shape index (κ1) is 55.3. The summed E-state index contributed by atoms with van der Waals surface area (Å²) in [6.07, 6.45) is -17.6. The number of carbonyl (C=O) groups is 7. The highest BCUT2D eigenvalue weighted by atomic mass is 32.2. The van der Waals surface area contributed by atoms with Crippen LogP contribution >= 0.6 is 0 Å². The average Bonchev–Trinajstić information content (AvgIpc) is 3.15. The highest BCUT2D eigenvalue weighted by Gasteiger charge is 2.88. The summed E-state index contributed by atoms with van der Waals surface area (Å²) in [7, 11) is -8.14. The van der Waals surface area contributed by atoms with Gasteiger partial charge in [0.1, 0.15) is 30.5 Å². The van der Waals surface area contributed by atoms with Gasteiger partial charge in [-0.05, 0) is 61.3 Å². The minimum Gasteiger partial charge on any atom is -0.382 e. The zero-order valence-electron chi connectivity index (χ0n) is 36.0. The minimum atomic E-state index is -4.52. The predicted octanol–water partition coefficient (Wildman–Crippen LogP) is -4.23. The van der Waals surface area contributed by atoms with Gasteiger partial charge in [0, 0.05) is 5.92 Å². The number of Topliss-reactive ketones (excluding diaryl/α,β-unsaturated/α-hetero) is 7. The molecule has 0 bridgehead atoms. The average molecular weight is 933 g/mol. The summed E-state index contributed by atoms with van der Waals surface area (Å²) in [5, 5.41) is 97.2. The molecule has 0 aromatic heterocycles. The molecule has 2 aliphatic rings. The molecule has 0 spiro atoms. The standard InChI is InChI=1S/C38H60O22S2/c1-10-12-14-61(54,55)17-26(18-62(56,57)15-13-11-2)16-58-32-35(50,23(7)43)38(53,25(9)45)36(51,30(60-32)28(47)20(4)40)31-34(49,22(6)42)37(52,24(8)44)33(48,21(5)41)29(59-31)27(46)19(3)39/h26-32,46-53H,10-18H2,1-9H3/t27?,28?,29-,30-,31-,32+,33+,34+,35+,36-,37+,38-/m1/s1. The number of hydrogen-bond acceptors (Lipinski definition) is 22. The normalized spacial score (nSPS) is 35.2. The molecule has 22 nitrogen and oxygen atoms in total. The highest BCUT2D eigenvalue weighted by Crippen LogP contribution is 2.57. The topological polar surface area (TPSA) is 377 Å². The van der Waals surface area contributed by atoms with E-state index in [0.717, 1.165) is 0 Å². The number of ether oxygens (including phenoxy) is 3. The first-order valence-electron chi connectivity index (χ1n) is 19.7. The van der Waals surface area contributed by atoms with E-state index in [9.17, 15) is 91.2 Å². The van der Waals surface area contributed by atoms with Crippen LogP contribution in [0.25, 0.3) is 0 Å². The van der Waals surface area contributed by atoms with Gasteiger partial charge in [-0.2, -0.15) is 0 Å². The molecule has 2 rings (SSSR count). The third-order valence-electron chi connectivity index (χ3n) is 11.9.